The van der Waals surface area contributed by atoms with E-state index in [2.05, 4.69) is 15.9 Å². The molecule has 1 unspecified atom stereocenters. The van der Waals surface area contributed by atoms with Crippen LogP contribution in [0.2, 0.25) is 0 Å². The zero-order valence-corrected chi connectivity index (χ0v) is 12.8. The lowest BCUT2D eigenvalue weighted by molar-refractivity contribution is 0.411. The van der Waals surface area contributed by atoms with Gasteiger partial charge >= 0.3 is 0 Å². The molecule has 0 aliphatic heterocycles. The number of nitrogens with two attached hydrogens (primary N) is 1. The molecule has 2 aromatic carbocycles. The van der Waals surface area contributed by atoms with Crippen LogP contribution in [-0.4, -0.2) is 11.3 Å². The third-order valence-electron chi connectivity index (χ3n) is 2.66. The second-order valence-corrected chi connectivity index (χ2v) is 6.39. The predicted octanol–water partition coefficient (Wildman–Crippen LogP) is 3.35. The molecule has 0 heterocycles. The summed E-state index contributed by atoms with van der Waals surface area (Å²) in [4.78, 5) is 0.785. The van der Waals surface area contributed by atoms with Gasteiger partial charge in [-0.05, 0) is 24.3 Å². The average Bonchev–Trinajstić information content (AvgIpc) is 2.40. The van der Waals surface area contributed by atoms with Crippen molar-refractivity contribution in [1.82, 2.24) is 0 Å². The molecule has 2 N–H and O–H groups in total. The van der Waals surface area contributed by atoms with E-state index in [1.54, 1.807) is 19.2 Å². The minimum atomic E-state index is -1.11. The molecule has 3 nitrogen and oxygen atoms in total. The van der Waals surface area contributed by atoms with Crippen molar-refractivity contribution >= 4 is 32.4 Å². The summed E-state index contributed by atoms with van der Waals surface area (Å²) in [6.45, 7) is 0. The van der Waals surface area contributed by atoms with Crippen LogP contribution in [0.5, 0.6) is 5.75 Å². The summed E-state index contributed by atoms with van der Waals surface area (Å²) in [7, 11) is 0.470. The molecule has 0 aliphatic rings. The molecule has 0 saturated carbocycles. The number of hydrogen-bond donors (Lipinski definition) is 1. The fourth-order valence-electron chi connectivity index (χ4n) is 1.71. The number of rotatable bonds is 4. The molecule has 0 saturated heterocycles. The fraction of sp³-hybridized carbons (Fsp3) is 0.143. The lowest BCUT2D eigenvalue weighted by atomic mass is 10.2. The van der Waals surface area contributed by atoms with Crippen molar-refractivity contribution in [2.24, 2.45) is 0 Å². The van der Waals surface area contributed by atoms with Crippen molar-refractivity contribution in [2.75, 3.05) is 12.8 Å². The van der Waals surface area contributed by atoms with Crippen LogP contribution in [0.4, 0.5) is 5.69 Å². The summed E-state index contributed by atoms with van der Waals surface area (Å²) in [5, 5.41) is 0. The molecule has 0 spiro atoms. The predicted molar refractivity (Wildman–Crippen MR) is 81.7 cm³/mol. The van der Waals surface area contributed by atoms with Crippen LogP contribution in [0.15, 0.2) is 51.8 Å². The SMILES string of the molecule is COc1cc(N)ccc1CS(=O)c1cccc(Br)c1. The van der Waals surface area contributed by atoms with Gasteiger partial charge in [0.1, 0.15) is 5.75 Å². The number of ether oxygens (including phenoxy) is 1. The van der Waals surface area contributed by atoms with Gasteiger partial charge in [-0.1, -0.05) is 28.1 Å². The quantitative estimate of drug-likeness (QED) is 0.869. The van der Waals surface area contributed by atoms with E-state index in [-0.39, 0.29) is 0 Å². The van der Waals surface area contributed by atoms with Gasteiger partial charge in [0.05, 0.1) is 23.7 Å². The fourth-order valence-corrected chi connectivity index (χ4v) is 3.44. The molecule has 0 amide bonds. The molecule has 0 bridgehead atoms. The first-order chi connectivity index (χ1) is 9.10. The van der Waals surface area contributed by atoms with Gasteiger partial charge in [-0.15, -0.1) is 0 Å². The first kappa shape index (κ1) is 14.1. The second-order valence-electron chi connectivity index (χ2n) is 4.02. The second kappa shape index (κ2) is 6.21. The van der Waals surface area contributed by atoms with E-state index in [0.29, 0.717) is 17.2 Å². The van der Waals surface area contributed by atoms with Crippen LogP contribution in [-0.2, 0) is 16.6 Å². The van der Waals surface area contributed by atoms with Crippen LogP contribution in [0.1, 0.15) is 5.56 Å². The Morgan fingerprint density at radius 3 is 2.74 bits per heavy atom. The summed E-state index contributed by atoms with van der Waals surface area (Å²) in [6, 6.07) is 12.9. The van der Waals surface area contributed by atoms with Crippen molar-refractivity contribution in [3.8, 4) is 5.75 Å². The van der Waals surface area contributed by atoms with Crippen LogP contribution in [0.3, 0.4) is 0 Å². The van der Waals surface area contributed by atoms with Gasteiger partial charge in [0, 0.05) is 26.7 Å². The van der Waals surface area contributed by atoms with Crippen LogP contribution >= 0.6 is 15.9 Å². The van der Waals surface area contributed by atoms with Gasteiger partial charge in [-0.3, -0.25) is 4.21 Å². The minimum Gasteiger partial charge on any atom is -0.496 e. The number of hydrogen-bond acceptors (Lipinski definition) is 3. The van der Waals surface area contributed by atoms with Gasteiger partial charge in [0.25, 0.3) is 0 Å². The Balaban J connectivity index is 2.24. The molecule has 0 aromatic heterocycles. The van der Waals surface area contributed by atoms with E-state index >= 15 is 0 Å². The topological polar surface area (TPSA) is 52.3 Å². The normalized spacial score (nSPS) is 12.1. The average molecular weight is 340 g/mol. The Morgan fingerprint density at radius 2 is 2.05 bits per heavy atom. The van der Waals surface area contributed by atoms with E-state index in [1.165, 1.54) is 0 Å². The van der Waals surface area contributed by atoms with E-state index in [0.717, 1.165) is 14.9 Å². The zero-order valence-electron chi connectivity index (χ0n) is 10.4. The first-order valence-corrected chi connectivity index (χ1v) is 7.77. The zero-order chi connectivity index (χ0) is 13.8. The Morgan fingerprint density at radius 1 is 1.26 bits per heavy atom. The maximum absolute atomic E-state index is 12.3. The Labute approximate surface area is 123 Å². The van der Waals surface area contributed by atoms with Gasteiger partial charge in [-0.25, -0.2) is 0 Å². The van der Waals surface area contributed by atoms with Crippen molar-refractivity contribution < 1.29 is 8.95 Å². The smallest absolute Gasteiger partial charge is 0.125 e. The van der Waals surface area contributed by atoms with Crippen molar-refractivity contribution in [3.05, 3.63) is 52.5 Å². The van der Waals surface area contributed by atoms with Crippen molar-refractivity contribution in [3.63, 3.8) is 0 Å². The van der Waals surface area contributed by atoms with E-state index < -0.39 is 10.8 Å². The van der Waals surface area contributed by atoms with Crippen molar-refractivity contribution in [1.29, 1.82) is 0 Å². The maximum Gasteiger partial charge on any atom is 0.125 e. The molecule has 1 atom stereocenters. The minimum absolute atomic E-state index is 0.403. The van der Waals surface area contributed by atoms with Crippen LogP contribution in [0, 0.1) is 0 Å². The number of nitrogen functional groups attached to an aromatic ring is 1. The highest BCUT2D eigenvalue weighted by Crippen LogP contribution is 2.25. The highest BCUT2D eigenvalue weighted by Gasteiger charge is 2.10. The molecular weight excluding hydrogens is 326 g/mol. The Hall–Kier alpha value is -1.33. The van der Waals surface area contributed by atoms with Gasteiger partial charge in [0.2, 0.25) is 0 Å². The van der Waals surface area contributed by atoms with Gasteiger partial charge < -0.3 is 10.5 Å². The van der Waals surface area contributed by atoms with Crippen LogP contribution in [0.25, 0.3) is 0 Å². The summed E-state index contributed by atoms with van der Waals surface area (Å²) in [6.07, 6.45) is 0. The molecule has 0 radical (unpaired) electrons. The van der Waals surface area contributed by atoms with Gasteiger partial charge in [0.15, 0.2) is 0 Å². The summed E-state index contributed by atoms with van der Waals surface area (Å²) in [5.74, 6) is 1.07. The summed E-state index contributed by atoms with van der Waals surface area (Å²) < 4.78 is 18.5. The van der Waals surface area contributed by atoms with Gasteiger partial charge in [-0.2, -0.15) is 0 Å². The third-order valence-corrected chi connectivity index (χ3v) is 4.50. The number of anilines is 1. The molecule has 5 heteroatoms. The van der Waals surface area contributed by atoms with Crippen LogP contribution < -0.4 is 10.5 Å². The number of halogens is 1. The molecule has 2 aromatic rings. The number of benzene rings is 2. The van der Waals surface area contributed by atoms with E-state index in [4.69, 9.17) is 10.5 Å². The Bertz CT molecular complexity index is 616. The molecule has 0 aliphatic carbocycles. The van der Waals surface area contributed by atoms with E-state index in [1.807, 2.05) is 30.3 Å². The third kappa shape index (κ3) is 3.58. The molecule has 19 heavy (non-hydrogen) atoms. The molecule has 100 valence electrons. The monoisotopic (exact) mass is 339 g/mol. The Kier molecular flexibility index (Phi) is 4.61. The first-order valence-electron chi connectivity index (χ1n) is 5.66. The highest BCUT2D eigenvalue weighted by atomic mass is 79.9. The molecule has 0 fully saturated rings. The lowest BCUT2D eigenvalue weighted by Crippen LogP contribution is -2.00. The standard InChI is InChI=1S/C14H14BrNO2S/c1-18-14-8-12(16)6-5-10(14)9-19(17)13-4-2-3-11(15)7-13/h2-8H,9,16H2,1H3. The lowest BCUT2D eigenvalue weighted by Gasteiger charge is -2.09. The van der Waals surface area contributed by atoms with E-state index in [9.17, 15) is 4.21 Å². The molecular formula is C14H14BrNO2S. The summed E-state index contributed by atoms with van der Waals surface area (Å²) >= 11 is 3.38. The van der Waals surface area contributed by atoms with Crippen molar-refractivity contribution in [2.45, 2.75) is 10.6 Å². The largest absolute Gasteiger partial charge is 0.496 e. The molecule has 2 rings (SSSR count). The maximum atomic E-state index is 12.3. The number of methoxy groups -OCH3 is 1. The summed E-state index contributed by atoms with van der Waals surface area (Å²) in [5.41, 5.74) is 7.22. The highest BCUT2D eigenvalue weighted by molar-refractivity contribution is 9.10.